The highest BCUT2D eigenvalue weighted by molar-refractivity contribution is 6.72. The van der Waals surface area contributed by atoms with Crippen molar-refractivity contribution < 1.29 is 4.80 Å². The average molecular weight is 308 g/mol. The predicted molar refractivity (Wildman–Crippen MR) is 95.4 cm³/mol. The first kappa shape index (κ1) is 18.4. The quantitative estimate of drug-likeness (QED) is 0.741. The van der Waals surface area contributed by atoms with Gasteiger partial charge in [-0.1, -0.05) is 45.9 Å². The third-order valence-electron chi connectivity index (χ3n) is 4.94. The van der Waals surface area contributed by atoms with Crippen LogP contribution in [0, 0.1) is 0 Å². The molecule has 0 heterocycles. The summed E-state index contributed by atoms with van der Waals surface area (Å²) in [5, 5.41) is 0.0394. The van der Waals surface area contributed by atoms with E-state index < -0.39 is 8.32 Å². The fourth-order valence-electron chi connectivity index (χ4n) is 2.51. The lowest BCUT2D eigenvalue weighted by Crippen LogP contribution is -2.39. The molecule has 3 heteroatoms. The van der Waals surface area contributed by atoms with Crippen molar-refractivity contribution in [1.82, 2.24) is 0 Å². The summed E-state index contributed by atoms with van der Waals surface area (Å²) in [4.78, 5) is 10.4. The molecule has 3 N–H and O–H groups in total. The molecule has 1 aromatic rings. The molecule has 0 aliphatic rings. The van der Waals surface area contributed by atoms with Crippen LogP contribution in [0.1, 0.15) is 56.7 Å². The molecule has 21 heavy (non-hydrogen) atoms. The Morgan fingerprint density at radius 3 is 2.29 bits per heavy atom. The first-order valence-corrected chi connectivity index (χ1v) is 11.1. The lowest BCUT2D eigenvalue weighted by Gasteiger charge is -2.35. The van der Waals surface area contributed by atoms with Crippen LogP contribution in [0.2, 0.25) is 18.1 Å². The van der Waals surface area contributed by atoms with E-state index in [2.05, 4.69) is 45.9 Å². The largest absolute Gasteiger partial charge is 0.432 e. The highest BCUT2D eigenvalue weighted by Gasteiger charge is 2.37. The number of hydrogen-bond donors (Lipinski definition) is 2. The Hall–Kier alpha value is -0.643. The van der Waals surface area contributed by atoms with Gasteiger partial charge in [0.05, 0.1) is 0 Å². The van der Waals surface area contributed by atoms with Crippen LogP contribution in [0.3, 0.4) is 0 Å². The first-order chi connectivity index (χ1) is 9.58. The molecule has 0 spiro atoms. The molecule has 0 amide bonds. The van der Waals surface area contributed by atoms with Crippen LogP contribution < -0.4 is 5.73 Å². The van der Waals surface area contributed by atoms with E-state index >= 15 is 0 Å². The molecule has 2 nitrogen and oxygen atoms in total. The monoisotopic (exact) mass is 307 g/mol. The van der Waals surface area contributed by atoms with Gasteiger partial charge in [0.25, 0.3) is 0 Å². The van der Waals surface area contributed by atoms with Gasteiger partial charge in [-0.05, 0) is 66.5 Å². The fraction of sp³-hybridized carbons (Fsp3) is 0.667. The van der Waals surface area contributed by atoms with Crippen molar-refractivity contribution in [1.29, 1.82) is 0 Å². The second-order valence-corrected chi connectivity index (χ2v) is 12.1. The number of aryl methyl sites for hydroxylation is 1. The Morgan fingerprint density at radius 1 is 1.19 bits per heavy atom. The van der Waals surface area contributed by atoms with E-state index in [4.69, 9.17) is 5.73 Å². The summed E-state index contributed by atoms with van der Waals surface area (Å²) in [6, 6.07) is 6.83. The van der Waals surface area contributed by atoms with Crippen LogP contribution in [0.25, 0.3) is 0 Å². The van der Waals surface area contributed by atoms with Crippen molar-refractivity contribution in [2.24, 2.45) is 5.73 Å². The molecule has 0 unspecified atom stereocenters. The van der Waals surface area contributed by atoms with Crippen LogP contribution in [-0.2, 0) is 12.8 Å². The van der Waals surface area contributed by atoms with E-state index in [-0.39, 0.29) is 5.04 Å². The Labute approximate surface area is 131 Å². The molecular weight excluding hydrogens is 274 g/mol. The molecule has 0 atom stereocenters. The number of benzene rings is 1. The van der Waals surface area contributed by atoms with Crippen LogP contribution in [0.4, 0.5) is 0 Å². The Balaban J connectivity index is 2.88. The second kappa shape index (κ2) is 7.08. The van der Waals surface area contributed by atoms with Gasteiger partial charge in [-0.15, -0.1) is 0 Å². The summed E-state index contributed by atoms with van der Waals surface area (Å²) in [6.07, 6.45) is 3.01. The minimum Gasteiger partial charge on any atom is -0.432 e. The second-order valence-electron chi connectivity index (χ2n) is 7.67. The van der Waals surface area contributed by atoms with Gasteiger partial charge in [0.2, 0.25) is 0 Å². The molecule has 0 radical (unpaired) electrons. The topological polar surface area (TPSA) is 46.2 Å². The van der Waals surface area contributed by atoms with Crippen LogP contribution in [0.15, 0.2) is 18.2 Å². The Bertz CT molecular complexity index is 461. The lowest BCUT2D eigenvalue weighted by molar-refractivity contribution is 0.451. The van der Waals surface area contributed by atoms with E-state index in [0.717, 1.165) is 19.3 Å². The van der Waals surface area contributed by atoms with Gasteiger partial charge in [0.1, 0.15) is 0 Å². The first-order valence-electron chi connectivity index (χ1n) is 8.12. The predicted octanol–water partition coefficient (Wildman–Crippen LogP) is 4.22. The van der Waals surface area contributed by atoms with E-state index in [1.54, 1.807) is 0 Å². The lowest BCUT2D eigenvalue weighted by atomic mass is 9.91. The van der Waals surface area contributed by atoms with Crippen molar-refractivity contribution in [3.8, 4) is 0 Å². The van der Waals surface area contributed by atoms with Gasteiger partial charge >= 0.3 is 0 Å². The van der Waals surface area contributed by atoms with Gasteiger partial charge in [0.15, 0.2) is 8.32 Å². The van der Waals surface area contributed by atoms with E-state index in [1.165, 1.54) is 16.7 Å². The summed E-state index contributed by atoms with van der Waals surface area (Å²) in [5.41, 5.74) is 9.93. The van der Waals surface area contributed by atoms with Crippen molar-refractivity contribution >= 4 is 8.32 Å². The van der Waals surface area contributed by atoms with Gasteiger partial charge < -0.3 is 10.5 Å². The average Bonchev–Trinajstić information content (AvgIpc) is 2.35. The number of hydrogen-bond acceptors (Lipinski definition) is 2. The summed E-state index contributed by atoms with van der Waals surface area (Å²) in [6.45, 7) is 13.6. The Morgan fingerprint density at radius 2 is 1.81 bits per heavy atom. The molecule has 0 saturated carbocycles. The van der Waals surface area contributed by atoms with Gasteiger partial charge in [-0.3, -0.25) is 0 Å². The van der Waals surface area contributed by atoms with Crippen LogP contribution in [-0.4, -0.2) is 19.7 Å². The molecular formula is C18H33NOSi. The molecule has 1 aromatic carbocycles. The third kappa shape index (κ3) is 4.94. The normalized spacial score (nSPS) is 13.0. The minimum absolute atomic E-state index is 0.0394. The van der Waals surface area contributed by atoms with Crippen molar-refractivity contribution in [2.45, 2.75) is 71.0 Å². The zero-order chi connectivity index (χ0) is 16.3. The highest BCUT2D eigenvalue weighted by Crippen LogP contribution is 2.39. The van der Waals surface area contributed by atoms with Crippen LogP contribution in [0.5, 0.6) is 0 Å². The van der Waals surface area contributed by atoms with Crippen molar-refractivity contribution in [3.05, 3.63) is 34.9 Å². The number of rotatable bonds is 7. The maximum Gasteiger partial charge on any atom is 0.188 e. The zero-order valence-corrected chi connectivity index (χ0v) is 15.7. The van der Waals surface area contributed by atoms with Crippen molar-refractivity contribution in [2.75, 3.05) is 6.54 Å². The maximum absolute atomic E-state index is 10.4. The number of nitrogens with two attached hydrogens (primary N) is 1. The SMILES string of the molecule is CC(C)c1ccc(CCC(C)(C)[Si](C)(C)O)cc1CCN. The summed E-state index contributed by atoms with van der Waals surface area (Å²) in [7, 11) is -2.12. The standard InChI is InChI=1S/C18H33NOSi/c1-14(2)17-8-7-15(13-16(17)10-12-19)9-11-18(3,4)21(5,6)20/h7-8,13-14,20H,9-12,19H2,1-6H3. The molecule has 0 saturated heterocycles. The molecule has 1 rings (SSSR count). The molecule has 0 fully saturated rings. The molecule has 0 bridgehead atoms. The summed E-state index contributed by atoms with van der Waals surface area (Å²) in [5.74, 6) is 0.542. The minimum atomic E-state index is -2.12. The van der Waals surface area contributed by atoms with E-state index in [9.17, 15) is 4.80 Å². The van der Waals surface area contributed by atoms with Crippen LogP contribution >= 0.6 is 0 Å². The van der Waals surface area contributed by atoms with Gasteiger partial charge in [-0.25, -0.2) is 0 Å². The fourth-order valence-corrected chi connectivity index (χ4v) is 3.25. The van der Waals surface area contributed by atoms with Crippen molar-refractivity contribution in [3.63, 3.8) is 0 Å². The Kier molecular flexibility index (Phi) is 6.20. The molecule has 0 aliphatic carbocycles. The maximum atomic E-state index is 10.4. The third-order valence-corrected chi connectivity index (χ3v) is 8.50. The highest BCUT2D eigenvalue weighted by atomic mass is 28.4. The van der Waals surface area contributed by atoms with E-state index in [0.29, 0.717) is 12.5 Å². The van der Waals surface area contributed by atoms with Gasteiger partial charge in [0, 0.05) is 0 Å². The summed E-state index contributed by atoms with van der Waals surface area (Å²) < 4.78 is 0. The molecule has 120 valence electrons. The molecule has 0 aliphatic heterocycles. The van der Waals surface area contributed by atoms with Gasteiger partial charge in [-0.2, -0.15) is 0 Å². The zero-order valence-electron chi connectivity index (χ0n) is 14.7. The van der Waals surface area contributed by atoms with E-state index in [1.807, 2.05) is 13.1 Å². The molecule has 0 aromatic heterocycles. The smallest absolute Gasteiger partial charge is 0.188 e. The summed E-state index contributed by atoms with van der Waals surface area (Å²) >= 11 is 0.